The molecule has 34 heavy (non-hydrogen) atoms. The fourth-order valence-electron chi connectivity index (χ4n) is 3.38. The summed E-state index contributed by atoms with van der Waals surface area (Å²) in [4.78, 5) is 40.7. The van der Waals surface area contributed by atoms with Gasteiger partial charge in [-0.05, 0) is 46.1 Å². The number of hydrogen-bond donors (Lipinski definition) is 2. The Labute approximate surface area is 206 Å². The smallest absolute Gasteiger partial charge is 0.247 e. The van der Waals surface area contributed by atoms with Crippen LogP contribution in [0.5, 0.6) is 0 Å². The predicted octanol–water partition coefficient (Wildman–Crippen LogP) is 4.89. The van der Waals surface area contributed by atoms with Crippen LogP contribution in [-0.2, 0) is 14.4 Å². The highest BCUT2D eigenvalue weighted by atomic mass is 35.5. The average Bonchev–Trinajstić information content (AvgIpc) is 3.13. The molecule has 2 aromatic rings. The fourth-order valence-corrected chi connectivity index (χ4v) is 3.61. The van der Waals surface area contributed by atoms with E-state index in [-0.39, 0.29) is 30.6 Å². The maximum absolute atomic E-state index is 13.4. The molecule has 0 aliphatic carbocycles. The lowest BCUT2D eigenvalue weighted by atomic mass is 9.99. The van der Waals surface area contributed by atoms with E-state index in [2.05, 4.69) is 29.6 Å². The molecule has 3 amide bonds. The lowest BCUT2D eigenvalue weighted by molar-refractivity contribution is -0.142. The summed E-state index contributed by atoms with van der Waals surface area (Å²) < 4.78 is 4.94. The van der Waals surface area contributed by atoms with Crippen molar-refractivity contribution >= 4 is 35.1 Å². The van der Waals surface area contributed by atoms with E-state index in [1.54, 1.807) is 37.3 Å². The topological polar surface area (TPSA) is 105 Å². The first-order valence-corrected chi connectivity index (χ1v) is 11.8. The summed E-state index contributed by atoms with van der Waals surface area (Å²) in [6, 6.07) is 7.70. The quantitative estimate of drug-likeness (QED) is 0.493. The Morgan fingerprint density at radius 1 is 1.15 bits per heavy atom. The van der Waals surface area contributed by atoms with Crippen molar-refractivity contribution in [2.45, 2.75) is 72.4 Å². The maximum atomic E-state index is 13.4. The summed E-state index contributed by atoms with van der Waals surface area (Å²) in [7, 11) is 0. The molecule has 2 N–H and O–H groups in total. The van der Waals surface area contributed by atoms with Gasteiger partial charge in [-0.1, -0.05) is 48.8 Å². The summed E-state index contributed by atoms with van der Waals surface area (Å²) in [5, 5.41) is 9.73. The lowest BCUT2D eigenvalue weighted by Gasteiger charge is -2.34. The number of carbonyl (C=O) groups is 3. The Kier molecular flexibility index (Phi) is 9.67. The van der Waals surface area contributed by atoms with Gasteiger partial charge in [0.25, 0.3) is 0 Å². The standard InChI is InChI=1S/C25H35ClN4O4/c1-16(2)13-14-30(22(32)12-11-21(31)27-20-15-17(3)34-29-20)23(24(33)28-25(4,5)6)18-9-7-8-10-19(18)26/h7-10,15-16,23H,11-14H2,1-6H3,(H,28,33)(H,27,29,31)/t23-/m1/s1. The lowest BCUT2D eigenvalue weighted by Crippen LogP contribution is -2.49. The Hall–Kier alpha value is -2.87. The number of aromatic nitrogens is 1. The van der Waals surface area contributed by atoms with E-state index in [0.29, 0.717) is 41.0 Å². The molecule has 2 rings (SSSR count). The number of halogens is 1. The van der Waals surface area contributed by atoms with Gasteiger partial charge >= 0.3 is 0 Å². The van der Waals surface area contributed by atoms with Crippen LogP contribution in [0, 0.1) is 12.8 Å². The summed E-state index contributed by atoms with van der Waals surface area (Å²) in [5.74, 6) is 0.190. The summed E-state index contributed by atoms with van der Waals surface area (Å²) in [5.41, 5.74) is 0.0458. The van der Waals surface area contributed by atoms with Crippen LogP contribution in [0.25, 0.3) is 0 Å². The normalized spacial score (nSPS) is 12.4. The molecule has 1 aromatic carbocycles. The molecular formula is C25H35ClN4O4. The number of carbonyl (C=O) groups excluding carboxylic acids is 3. The molecule has 0 saturated carbocycles. The van der Waals surface area contributed by atoms with Crippen molar-refractivity contribution in [1.82, 2.24) is 15.4 Å². The molecule has 0 radical (unpaired) electrons. The van der Waals surface area contributed by atoms with Gasteiger partial charge in [0, 0.05) is 41.6 Å². The number of nitrogens with zero attached hydrogens (tertiary/aromatic N) is 2. The summed E-state index contributed by atoms with van der Waals surface area (Å²) in [6.45, 7) is 11.8. The predicted molar refractivity (Wildman–Crippen MR) is 132 cm³/mol. The zero-order valence-corrected chi connectivity index (χ0v) is 21.5. The summed E-state index contributed by atoms with van der Waals surface area (Å²) >= 11 is 6.47. The van der Waals surface area contributed by atoms with Gasteiger partial charge in [0.2, 0.25) is 17.7 Å². The van der Waals surface area contributed by atoms with Gasteiger partial charge in [-0.25, -0.2) is 0 Å². The van der Waals surface area contributed by atoms with Gasteiger partial charge in [0.1, 0.15) is 11.8 Å². The highest BCUT2D eigenvalue weighted by molar-refractivity contribution is 6.31. The van der Waals surface area contributed by atoms with Crippen LogP contribution < -0.4 is 10.6 Å². The summed E-state index contributed by atoms with van der Waals surface area (Å²) in [6.07, 6.45) is 0.573. The average molecular weight is 491 g/mol. The number of hydrogen-bond acceptors (Lipinski definition) is 5. The molecule has 0 aliphatic rings. The van der Waals surface area contributed by atoms with Gasteiger partial charge in [-0.2, -0.15) is 0 Å². The molecule has 186 valence electrons. The van der Waals surface area contributed by atoms with Crippen molar-refractivity contribution in [3.63, 3.8) is 0 Å². The molecule has 0 aliphatic heterocycles. The van der Waals surface area contributed by atoms with Crippen molar-refractivity contribution in [3.8, 4) is 0 Å². The number of benzene rings is 1. The molecular weight excluding hydrogens is 456 g/mol. The van der Waals surface area contributed by atoms with Crippen LogP contribution in [-0.4, -0.2) is 39.9 Å². The van der Waals surface area contributed by atoms with Crippen LogP contribution in [0.4, 0.5) is 5.82 Å². The molecule has 0 saturated heterocycles. The minimum atomic E-state index is -0.916. The van der Waals surface area contributed by atoms with Crippen molar-refractivity contribution in [2.75, 3.05) is 11.9 Å². The molecule has 9 heteroatoms. The third kappa shape index (κ3) is 8.48. The van der Waals surface area contributed by atoms with Crippen LogP contribution in [0.2, 0.25) is 5.02 Å². The van der Waals surface area contributed by atoms with Crippen molar-refractivity contribution in [3.05, 3.63) is 46.7 Å². The van der Waals surface area contributed by atoms with E-state index in [9.17, 15) is 14.4 Å². The second-order valence-electron chi connectivity index (χ2n) is 9.80. The van der Waals surface area contributed by atoms with Crippen LogP contribution in [0.15, 0.2) is 34.9 Å². The van der Waals surface area contributed by atoms with E-state index in [1.165, 1.54) is 4.90 Å². The van der Waals surface area contributed by atoms with Crippen LogP contribution >= 0.6 is 11.6 Å². The minimum absolute atomic E-state index is 0.0565. The Balaban J connectivity index is 2.28. The van der Waals surface area contributed by atoms with E-state index >= 15 is 0 Å². The minimum Gasteiger partial charge on any atom is -0.360 e. The zero-order valence-electron chi connectivity index (χ0n) is 20.8. The fraction of sp³-hybridized carbons (Fsp3) is 0.520. The van der Waals surface area contributed by atoms with Crippen molar-refractivity contribution in [1.29, 1.82) is 0 Å². The van der Waals surface area contributed by atoms with Crippen molar-refractivity contribution in [2.24, 2.45) is 5.92 Å². The van der Waals surface area contributed by atoms with E-state index in [4.69, 9.17) is 16.1 Å². The molecule has 8 nitrogen and oxygen atoms in total. The number of nitrogens with one attached hydrogen (secondary N) is 2. The third-order valence-electron chi connectivity index (χ3n) is 4.99. The number of rotatable bonds is 10. The van der Waals surface area contributed by atoms with E-state index < -0.39 is 11.6 Å². The van der Waals surface area contributed by atoms with Gasteiger partial charge in [0.05, 0.1) is 0 Å². The van der Waals surface area contributed by atoms with Gasteiger partial charge in [-0.3, -0.25) is 14.4 Å². The second-order valence-corrected chi connectivity index (χ2v) is 10.2. The van der Waals surface area contributed by atoms with Crippen molar-refractivity contribution < 1.29 is 18.9 Å². The largest absolute Gasteiger partial charge is 0.360 e. The first-order chi connectivity index (χ1) is 15.9. The molecule has 1 atom stereocenters. The van der Waals surface area contributed by atoms with Crippen LogP contribution in [0.3, 0.4) is 0 Å². The molecule has 0 bridgehead atoms. The molecule has 0 fully saturated rings. The number of aryl methyl sites for hydroxylation is 1. The van der Waals surface area contributed by atoms with Crippen LogP contribution in [0.1, 0.15) is 71.2 Å². The third-order valence-corrected chi connectivity index (χ3v) is 5.33. The highest BCUT2D eigenvalue weighted by Crippen LogP contribution is 2.30. The Morgan fingerprint density at radius 2 is 1.82 bits per heavy atom. The molecule has 1 heterocycles. The Morgan fingerprint density at radius 3 is 2.38 bits per heavy atom. The second kappa shape index (κ2) is 12.0. The SMILES string of the molecule is Cc1cc(NC(=O)CCC(=O)N(CCC(C)C)[C@@H](C(=O)NC(C)(C)C)c2ccccc2Cl)no1. The van der Waals surface area contributed by atoms with Gasteiger partial charge in [-0.15, -0.1) is 0 Å². The van der Waals surface area contributed by atoms with Gasteiger partial charge in [0.15, 0.2) is 5.82 Å². The highest BCUT2D eigenvalue weighted by Gasteiger charge is 2.34. The maximum Gasteiger partial charge on any atom is 0.247 e. The zero-order chi connectivity index (χ0) is 25.5. The molecule has 1 aromatic heterocycles. The molecule has 0 unspecified atom stereocenters. The monoisotopic (exact) mass is 490 g/mol. The molecule has 0 spiro atoms. The Bertz CT molecular complexity index is 997. The first-order valence-electron chi connectivity index (χ1n) is 11.5. The number of anilines is 1. The van der Waals surface area contributed by atoms with E-state index in [1.807, 2.05) is 20.8 Å². The first kappa shape index (κ1) is 27.4. The van der Waals surface area contributed by atoms with E-state index in [0.717, 1.165) is 0 Å². The van der Waals surface area contributed by atoms with Gasteiger partial charge < -0.3 is 20.1 Å². The number of amides is 3.